The van der Waals surface area contributed by atoms with Crippen LogP contribution in [0.3, 0.4) is 0 Å². The van der Waals surface area contributed by atoms with Crippen LogP contribution in [0.15, 0.2) is 17.5 Å². The summed E-state index contributed by atoms with van der Waals surface area (Å²) in [5.74, 6) is -0.256. The Kier molecular flexibility index (Phi) is 6.02. The van der Waals surface area contributed by atoms with E-state index in [1.165, 1.54) is 18.4 Å². The van der Waals surface area contributed by atoms with Crippen LogP contribution >= 0.6 is 11.3 Å². The van der Waals surface area contributed by atoms with Crippen molar-refractivity contribution in [3.05, 3.63) is 22.4 Å². The Balaban J connectivity index is 2.77. The zero-order valence-corrected chi connectivity index (χ0v) is 12.7. The molecule has 19 heavy (non-hydrogen) atoms. The molecule has 0 N–H and O–H groups in total. The molecule has 0 aliphatic rings. The molecule has 5 heteroatoms. The van der Waals surface area contributed by atoms with Gasteiger partial charge in [-0.05, 0) is 17.4 Å². The Hall–Kier alpha value is -1.36. The van der Waals surface area contributed by atoms with Crippen molar-refractivity contribution in [2.45, 2.75) is 20.8 Å². The van der Waals surface area contributed by atoms with Crippen LogP contribution in [-0.2, 0) is 9.53 Å². The molecule has 106 valence electrons. The van der Waals surface area contributed by atoms with Crippen LogP contribution < -0.4 is 0 Å². The van der Waals surface area contributed by atoms with E-state index in [0.717, 1.165) is 0 Å². The summed E-state index contributed by atoms with van der Waals surface area (Å²) in [6.45, 7) is 6.91. The highest BCUT2D eigenvalue weighted by atomic mass is 32.1. The van der Waals surface area contributed by atoms with Gasteiger partial charge in [0.2, 0.25) is 0 Å². The molecule has 0 aromatic carbocycles. The maximum absolute atomic E-state index is 12.4. The number of carbonyl (C=O) groups is 2. The van der Waals surface area contributed by atoms with Gasteiger partial charge in [0.25, 0.3) is 5.91 Å². The molecular formula is C14H21NO3S. The second-order valence-electron chi connectivity index (χ2n) is 5.01. The van der Waals surface area contributed by atoms with Gasteiger partial charge in [0.15, 0.2) is 0 Å². The third-order valence-corrected chi connectivity index (χ3v) is 3.56. The number of methoxy groups -OCH3 is 1. The first-order chi connectivity index (χ1) is 8.95. The van der Waals surface area contributed by atoms with Crippen LogP contribution in [-0.4, -0.2) is 37.0 Å². The number of thiophene rings is 1. The molecule has 0 fully saturated rings. The first kappa shape index (κ1) is 15.7. The Morgan fingerprint density at radius 3 is 2.47 bits per heavy atom. The number of amides is 1. The third kappa shape index (κ3) is 4.67. The van der Waals surface area contributed by atoms with Crippen molar-refractivity contribution in [3.63, 3.8) is 0 Å². The number of nitrogens with zero attached hydrogens (tertiary/aromatic N) is 1. The van der Waals surface area contributed by atoms with E-state index >= 15 is 0 Å². The summed E-state index contributed by atoms with van der Waals surface area (Å²) in [4.78, 5) is 26.3. The van der Waals surface area contributed by atoms with Crippen LogP contribution in [0.1, 0.15) is 30.4 Å². The Morgan fingerprint density at radius 2 is 2.00 bits per heavy atom. The lowest BCUT2D eigenvalue weighted by Gasteiger charge is -2.26. The van der Waals surface area contributed by atoms with Gasteiger partial charge in [0, 0.05) is 13.1 Å². The molecule has 1 unspecified atom stereocenters. The van der Waals surface area contributed by atoms with Crippen LogP contribution in [0.4, 0.5) is 0 Å². The number of esters is 1. The summed E-state index contributed by atoms with van der Waals surface area (Å²) < 4.78 is 4.71. The lowest BCUT2D eigenvalue weighted by atomic mass is 10.1. The molecule has 1 aromatic heterocycles. The fraction of sp³-hybridized carbons (Fsp3) is 0.571. The SMILES string of the molecule is COC(=O)C(C)CN(CC(C)C)C(=O)c1cccs1. The number of carbonyl (C=O) groups excluding carboxylic acids is 2. The number of rotatable bonds is 6. The first-order valence-electron chi connectivity index (χ1n) is 6.36. The number of hydrogen-bond donors (Lipinski definition) is 0. The van der Waals surface area contributed by atoms with Gasteiger partial charge in [0.05, 0.1) is 17.9 Å². The zero-order chi connectivity index (χ0) is 14.4. The minimum Gasteiger partial charge on any atom is -0.469 e. The minimum atomic E-state index is -0.312. The van der Waals surface area contributed by atoms with Crippen LogP contribution in [0.25, 0.3) is 0 Å². The second-order valence-corrected chi connectivity index (χ2v) is 5.95. The molecule has 1 heterocycles. The first-order valence-corrected chi connectivity index (χ1v) is 7.24. The number of ether oxygens (including phenoxy) is 1. The highest BCUT2D eigenvalue weighted by Crippen LogP contribution is 2.15. The summed E-state index contributed by atoms with van der Waals surface area (Å²) in [6.07, 6.45) is 0. The van der Waals surface area contributed by atoms with E-state index in [4.69, 9.17) is 4.74 Å². The van der Waals surface area contributed by atoms with Crippen molar-refractivity contribution < 1.29 is 14.3 Å². The van der Waals surface area contributed by atoms with Gasteiger partial charge in [-0.2, -0.15) is 0 Å². The number of hydrogen-bond acceptors (Lipinski definition) is 4. The molecule has 0 bridgehead atoms. The standard InChI is InChI=1S/C14H21NO3S/c1-10(2)8-15(9-11(3)14(17)18-4)13(16)12-6-5-7-19-12/h5-7,10-11H,8-9H2,1-4H3. The molecule has 1 aromatic rings. The van der Waals surface area contributed by atoms with Gasteiger partial charge >= 0.3 is 5.97 Å². The summed E-state index contributed by atoms with van der Waals surface area (Å²) in [6, 6.07) is 3.67. The normalized spacial score (nSPS) is 12.3. The van der Waals surface area contributed by atoms with Crippen molar-refractivity contribution >= 4 is 23.2 Å². The van der Waals surface area contributed by atoms with Crippen molar-refractivity contribution in [3.8, 4) is 0 Å². The molecule has 1 atom stereocenters. The predicted molar refractivity (Wildman–Crippen MR) is 76.2 cm³/mol. The smallest absolute Gasteiger partial charge is 0.310 e. The fourth-order valence-electron chi connectivity index (χ4n) is 1.84. The average molecular weight is 283 g/mol. The summed E-state index contributed by atoms with van der Waals surface area (Å²) in [7, 11) is 1.37. The molecule has 1 rings (SSSR count). The minimum absolute atomic E-state index is 0.0144. The second kappa shape index (κ2) is 7.28. The van der Waals surface area contributed by atoms with E-state index in [1.807, 2.05) is 17.5 Å². The third-order valence-electron chi connectivity index (χ3n) is 2.70. The lowest BCUT2D eigenvalue weighted by molar-refractivity contribution is -0.145. The highest BCUT2D eigenvalue weighted by Gasteiger charge is 2.23. The Morgan fingerprint density at radius 1 is 1.32 bits per heavy atom. The van der Waals surface area contributed by atoms with E-state index in [2.05, 4.69) is 13.8 Å². The molecule has 0 aliphatic carbocycles. The molecular weight excluding hydrogens is 262 g/mol. The van der Waals surface area contributed by atoms with Gasteiger partial charge < -0.3 is 9.64 Å². The van der Waals surface area contributed by atoms with E-state index < -0.39 is 0 Å². The zero-order valence-electron chi connectivity index (χ0n) is 11.9. The monoisotopic (exact) mass is 283 g/mol. The molecule has 0 saturated carbocycles. The summed E-state index contributed by atoms with van der Waals surface area (Å²) in [5.41, 5.74) is 0. The quantitative estimate of drug-likeness (QED) is 0.754. The van der Waals surface area contributed by atoms with Crippen LogP contribution in [0, 0.1) is 11.8 Å². The average Bonchev–Trinajstić information content (AvgIpc) is 2.89. The van der Waals surface area contributed by atoms with E-state index in [-0.39, 0.29) is 17.8 Å². The molecule has 0 spiro atoms. The molecule has 0 aliphatic heterocycles. The summed E-state index contributed by atoms with van der Waals surface area (Å²) >= 11 is 1.42. The molecule has 1 amide bonds. The fourth-order valence-corrected chi connectivity index (χ4v) is 2.53. The van der Waals surface area contributed by atoms with Crippen LogP contribution in [0.2, 0.25) is 0 Å². The predicted octanol–water partition coefficient (Wildman–Crippen LogP) is 2.66. The molecule has 0 saturated heterocycles. The Labute approximate surface area is 118 Å². The Bertz CT molecular complexity index is 414. The van der Waals surface area contributed by atoms with Crippen molar-refractivity contribution in [2.75, 3.05) is 20.2 Å². The largest absolute Gasteiger partial charge is 0.469 e. The van der Waals surface area contributed by atoms with Gasteiger partial charge in [0.1, 0.15) is 0 Å². The van der Waals surface area contributed by atoms with E-state index in [1.54, 1.807) is 11.8 Å². The highest BCUT2D eigenvalue weighted by molar-refractivity contribution is 7.12. The summed E-state index contributed by atoms with van der Waals surface area (Å²) in [5, 5.41) is 1.88. The maximum Gasteiger partial charge on any atom is 0.310 e. The van der Waals surface area contributed by atoms with Crippen LogP contribution in [0.5, 0.6) is 0 Å². The van der Waals surface area contributed by atoms with Crippen molar-refractivity contribution in [1.82, 2.24) is 4.90 Å². The van der Waals surface area contributed by atoms with Gasteiger partial charge in [-0.25, -0.2) is 0 Å². The van der Waals surface area contributed by atoms with E-state index in [0.29, 0.717) is 23.9 Å². The van der Waals surface area contributed by atoms with E-state index in [9.17, 15) is 9.59 Å². The molecule has 4 nitrogen and oxygen atoms in total. The van der Waals surface area contributed by atoms with Crippen molar-refractivity contribution in [1.29, 1.82) is 0 Å². The van der Waals surface area contributed by atoms with Gasteiger partial charge in [-0.15, -0.1) is 11.3 Å². The van der Waals surface area contributed by atoms with Gasteiger partial charge in [-0.1, -0.05) is 26.8 Å². The maximum atomic E-state index is 12.4. The van der Waals surface area contributed by atoms with Gasteiger partial charge in [-0.3, -0.25) is 9.59 Å². The van der Waals surface area contributed by atoms with Crippen molar-refractivity contribution in [2.24, 2.45) is 11.8 Å². The lowest BCUT2D eigenvalue weighted by Crippen LogP contribution is -2.39. The topological polar surface area (TPSA) is 46.6 Å². The molecule has 0 radical (unpaired) electrons.